The number of nitriles is 1. The van der Waals surface area contributed by atoms with Crippen LogP contribution < -0.4 is 14.2 Å². The average Bonchev–Trinajstić information content (AvgIpc) is 3.33. The second-order valence-electron chi connectivity index (χ2n) is 16.2. The number of hydrogen-bond donors (Lipinski definition) is 0. The SMILES string of the molecule is COc1ccc(C(CCCCOc2ccc(-c3cccc(-c4ccc(CCCCOP(OCCC#N)N(C(C)C)C(C)C)cn4)n3)nc2)(c2ccccc2)c2ccc(OC)cc2)cc1. The molecule has 3 aromatic carbocycles. The van der Waals surface area contributed by atoms with Gasteiger partial charge in [0.1, 0.15) is 17.2 Å². The van der Waals surface area contributed by atoms with Crippen LogP contribution in [0.4, 0.5) is 0 Å². The fourth-order valence-corrected chi connectivity index (χ4v) is 9.67. The molecule has 0 spiro atoms. The Morgan fingerprint density at radius 1 is 0.578 bits per heavy atom. The Morgan fingerprint density at radius 2 is 1.14 bits per heavy atom. The molecule has 0 fully saturated rings. The number of rotatable bonds is 25. The lowest BCUT2D eigenvalue weighted by Gasteiger charge is -2.36. The monoisotopic (exact) mass is 879 g/mol. The number of nitrogens with zero attached hydrogens (tertiary/aromatic N) is 5. The molecule has 0 aliphatic carbocycles. The van der Waals surface area contributed by atoms with Crippen molar-refractivity contribution >= 4 is 8.53 Å². The smallest absolute Gasteiger partial charge is 0.259 e. The van der Waals surface area contributed by atoms with Crippen LogP contribution in [0.25, 0.3) is 22.8 Å². The largest absolute Gasteiger partial charge is 0.497 e. The highest BCUT2D eigenvalue weighted by atomic mass is 31.2. The summed E-state index contributed by atoms with van der Waals surface area (Å²) < 4.78 is 31.8. The number of aryl methyl sites for hydroxylation is 1. The molecule has 6 aromatic rings. The third-order valence-corrected chi connectivity index (χ3v) is 13.3. The first kappa shape index (κ1) is 47.8. The maximum atomic E-state index is 8.97. The van der Waals surface area contributed by atoms with E-state index in [-0.39, 0.29) is 17.5 Å². The molecule has 6 rings (SSSR count). The minimum absolute atomic E-state index is 0.282. The van der Waals surface area contributed by atoms with Gasteiger partial charge in [0.2, 0.25) is 0 Å². The van der Waals surface area contributed by atoms with Crippen LogP contribution in [0, 0.1) is 11.3 Å². The molecule has 3 heterocycles. The van der Waals surface area contributed by atoms with E-state index < -0.39 is 8.53 Å². The summed E-state index contributed by atoms with van der Waals surface area (Å²) in [4.78, 5) is 14.4. The molecule has 10 nitrogen and oxygen atoms in total. The van der Waals surface area contributed by atoms with Gasteiger partial charge >= 0.3 is 0 Å². The summed E-state index contributed by atoms with van der Waals surface area (Å²) in [6, 6.07) is 44.4. The van der Waals surface area contributed by atoms with Crippen LogP contribution in [0.3, 0.4) is 0 Å². The van der Waals surface area contributed by atoms with Crippen molar-refractivity contribution < 1.29 is 23.3 Å². The first-order valence-electron chi connectivity index (χ1n) is 22.3. The van der Waals surface area contributed by atoms with Gasteiger partial charge in [-0.3, -0.25) is 9.97 Å². The molecule has 334 valence electrons. The van der Waals surface area contributed by atoms with Crippen LogP contribution in [-0.4, -0.2) is 65.7 Å². The van der Waals surface area contributed by atoms with E-state index in [1.165, 1.54) is 22.3 Å². The molecule has 0 bridgehead atoms. The van der Waals surface area contributed by atoms with Crippen molar-refractivity contribution in [2.24, 2.45) is 0 Å². The lowest BCUT2D eigenvalue weighted by molar-refractivity contribution is 0.174. The maximum absolute atomic E-state index is 8.97. The van der Waals surface area contributed by atoms with E-state index in [4.69, 9.17) is 43.5 Å². The zero-order valence-electron chi connectivity index (χ0n) is 38.2. The topological polar surface area (TPSA) is 112 Å². The minimum atomic E-state index is -1.22. The highest BCUT2D eigenvalue weighted by Gasteiger charge is 2.36. The van der Waals surface area contributed by atoms with Crippen molar-refractivity contribution in [3.8, 4) is 46.1 Å². The van der Waals surface area contributed by atoms with Gasteiger partial charge in [-0.2, -0.15) is 5.26 Å². The van der Waals surface area contributed by atoms with Crippen LogP contribution in [0.1, 0.15) is 88.5 Å². The predicted octanol–water partition coefficient (Wildman–Crippen LogP) is 12.4. The maximum Gasteiger partial charge on any atom is 0.259 e. The lowest BCUT2D eigenvalue weighted by Crippen LogP contribution is -2.33. The van der Waals surface area contributed by atoms with Gasteiger partial charge in [0, 0.05) is 23.7 Å². The second kappa shape index (κ2) is 24.4. The van der Waals surface area contributed by atoms with Gasteiger partial charge < -0.3 is 23.3 Å². The summed E-state index contributed by atoms with van der Waals surface area (Å²) in [5.41, 5.74) is 7.57. The van der Waals surface area contributed by atoms with Crippen molar-refractivity contribution in [1.82, 2.24) is 19.6 Å². The zero-order valence-corrected chi connectivity index (χ0v) is 39.0. The second-order valence-corrected chi connectivity index (χ2v) is 17.7. The van der Waals surface area contributed by atoms with Gasteiger partial charge in [0.25, 0.3) is 8.53 Å². The normalized spacial score (nSPS) is 12.1. The number of aromatic nitrogens is 3. The predicted molar refractivity (Wildman–Crippen MR) is 256 cm³/mol. The summed E-state index contributed by atoms with van der Waals surface area (Å²) >= 11 is 0. The van der Waals surface area contributed by atoms with Crippen molar-refractivity contribution in [3.63, 3.8) is 0 Å². The lowest BCUT2D eigenvalue weighted by atomic mass is 9.66. The number of unbranched alkanes of at least 4 members (excludes halogenated alkanes) is 2. The van der Waals surface area contributed by atoms with E-state index >= 15 is 0 Å². The highest BCUT2D eigenvalue weighted by molar-refractivity contribution is 7.44. The van der Waals surface area contributed by atoms with E-state index in [0.717, 1.165) is 78.5 Å². The van der Waals surface area contributed by atoms with Crippen molar-refractivity contribution in [3.05, 3.63) is 156 Å². The van der Waals surface area contributed by atoms with Crippen molar-refractivity contribution in [2.45, 2.75) is 90.1 Å². The van der Waals surface area contributed by atoms with Gasteiger partial charge in [-0.1, -0.05) is 66.7 Å². The number of pyridine rings is 3. The molecule has 0 radical (unpaired) electrons. The van der Waals surface area contributed by atoms with Crippen LogP contribution >= 0.6 is 8.53 Å². The number of methoxy groups -OCH3 is 2. The molecule has 0 N–H and O–H groups in total. The molecular formula is C53H62N5O5P. The van der Waals surface area contributed by atoms with E-state index in [2.05, 4.69) is 99.1 Å². The van der Waals surface area contributed by atoms with Gasteiger partial charge in [-0.05, 0) is 143 Å². The summed E-state index contributed by atoms with van der Waals surface area (Å²) in [7, 11) is 2.18. The van der Waals surface area contributed by atoms with Crippen molar-refractivity contribution in [1.29, 1.82) is 5.26 Å². The van der Waals surface area contributed by atoms with Crippen LogP contribution in [0.2, 0.25) is 0 Å². The summed E-state index contributed by atoms with van der Waals surface area (Å²) in [6.45, 7) is 10.1. The first-order chi connectivity index (χ1) is 31.2. The molecule has 0 saturated carbocycles. The molecule has 3 aromatic heterocycles. The Morgan fingerprint density at radius 3 is 1.69 bits per heavy atom. The summed E-state index contributed by atoms with van der Waals surface area (Å²) in [5.74, 6) is 2.38. The average molecular weight is 880 g/mol. The molecule has 0 aliphatic heterocycles. The van der Waals surface area contributed by atoms with E-state index in [0.29, 0.717) is 26.2 Å². The molecule has 0 amide bonds. The number of hydrogen-bond acceptors (Lipinski definition) is 10. The first-order valence-corrected chi connectivity index (χ1v) is 23.5. The number of benzene rings is 3. The Balaban J connectivity index is 1.02. The Hall–Kier alpha value is -5.69. The molecule has 0 aliphatic rings. The standard InChI is InChI=1S/C53H62N5O5P/c1-40(2)58(41(3)4)64(63-37-15-34-54)62-36-12-10-16-42-21-31-49(55-38-42)51-19-14-20-52(57-51)50-32-30-48(39-56-50)61-35-13-11-33-53(43-17-8-7-9-18-43,44-22-26-46(59-5)27-23-44)45-24-28-47(60-6)29-25-45/h7-9,14,17-32,38-41H,10-13,15-16,33,35-37H2,1-6H3. The highest BCUT2D eigenvalue weighted by Crippen LogP contribution is 2.46. The van der Waals surface area contributed by atoms with Gasteiger partial charge in [-0.25, -0.2) is 9.65 Å². The van der Waals surface area contributed by atoms with Gasteiger partial charge in [0.05, 0.1) is 75.5 Å². The molecule has 1 unspecified atom stereocenters. The van der Waals surface area contributed by atoms with Crippen LogP contribution in [0.5, 0.6) is 17.2 Å². The third-order valence-electron chi connectivity index (χ3n) is 11.2. The Bertz CT molecular complexity index is 2270. The van der Waals surface area contributed by atoms with Gasteiger partial charge in [-0.15, -0.1) is 0 Å². The molecular weight excluding hydrogens is 818 g/mol. The zero-order chi connectivity index (χ0) is 45.2. The fraction of sp³-hybridized carbons (Fsp3) is 0.358. The number of ether oxygens (including phenoxy) is 3. The van der Waals surface area contributed by atoms with E-state index in [1.54, 1.807) is 20.4 Å². The van der Waals surface area contributed by atoms with Gasteiger partial charge in [0.15, 0.2) is 0 Å². The summed E-state index contributed by atoms with van der Waals surface area (Å²) in [6.07, 6.45) is 9.51. The molecule has 1 atom stereocenters. The molecule has 64 heavy (non-hydrogen) atoms. The Kier molecular flexibility index (Phi) is 18.2. The Labute approximate surface area is 381 Å². The molecule has 0 saturated heterocycles. The molecule has 11 heteroatoms. The van der Waals surface area contributed by atoms with Crippen molar-refractivity contribution in [2.75, 3.05) is 34.0 Å². The van der Waals surface area contributed by atoms with E-state index in [1.807, 2.05) is 66.9 Å². The van der Waals surface area contributed by atoms with E-state index in [9.17, 15) is 0 Å². The quantitative estimate of drug-likeness (QED) is 0.0313. The third kappa shape index (κ3) is 12.7. The van der Waals surface area contributed by atoms with Crippen LogP contribution in [0.15, 0.2) is 134 Å². The fourth-order valence-electron chi connectivity index (χ4n) is 8.04. The van der Waals surface area contributed by atoms with Crippen LogP contribution in [-0.2, 0) is 20.9 Å². The summed E-state index contributed by atoms with van der Waals surface area (Å²) in [5, 5.41) is 8.97. The minimum Gasteiger partial charge on any atom is -0.497 e.